The van der Waals surface area contributed by atoms with Crippen LogP contribution in [0.3, 0.4) is 0 Å². The summed E-state index contributed by atoms with van der Waals surface area (Å²) in [5.74, 6) is -0.501. The van der Waals surface area contributed by atoms with Crippen molar-refractivity contribution >= 4 is 5.97 Å². The molecule has 0 aliphatic rings. The van der Waals surface area contributed by atoms with E-state index >= 15 is 0 Å². The summed E-state index contributed by atoms with van der Waals surface area (Å²) in [4.78, 5) is 22.5. The van der Waals surface area contributed by atoms with Gasteiger partial charge in [-0.05, 0) is 20.3 Å². The Morgan fingerprint density at radius 3 is 2.78 bits per heavy atom. The van der Waals surface area contributed by atoms with Gasteiger partial charge in [-0.2, -0.15) is 0 Å². The molecule has 0 aromatic carbocycles. The summed E-state index contributed by atoms with van der Waals surface area (Å²) in [7, 11) is 1.29. The Morgan fingerprint density at radius 1 is 1.61 bits per heavy atom. The molecule has 0 aliphatic heterocycles. The Kier molecular flexibility index (Phi) is 4.43. The number of allylic oxidation sites excluding steroid dienone is 1. The fourth-order valence-corrected chi connectivity index (χ4v) is 1.37. The van der Waals surface area contributed by atoms with Crippen molar-refractivity contribution < 1.29 is 14.1 Å². The largest absolute Gasteiger partial charge is 0.468 e. The van der Waals surface area contributed by atoms with Crippen molar-refractivity contribution in [1.29, 1.82) is 0 Å². The molecule has 0 unspecified atom stereocenters. The lowest BCUT2D eigenvalue weighted by Crippen LogP contribution is -2.45. The van der Waals surface area contributed by atoms with Crippen molar-refractivity contribution in [2.45, 2.75) is 32.4 Å². The Bertz CT molecular complexity index is 499. The second-order valence-electron chi connectivity index (χ2n) is 4.19. The summed E-state index contributed by atoms with van der Waals surface area (Å²) in [6, 6.07) is 0. The van der Waals surface area contributed by atoms with Crippen LogP contribution in [0, 0.1) is 6.92 Å². The number of hydrogen-bond acceptors (Lipinski definition) is 6. The van der Waals surface area contributed by atoms with E-state index < -0.39 is 17.3 Å². The van der Waals surface area contributed by atoms with Crippen LogP contribution in [0.25, 0.3) is 0 Å². The Hall–Kier alpha value is -1.89. The lowest BCUT2D eigenvalue weighted by molar-refractivity contribution is -0.146. The Morgan fingerprint density at radius 2 is 2.28 bits per heavy atom. The molecular weight excluding hydrogens is 238 g/mol. The second-order valence-corrected chi connectivity index (χ2v) is 4.19. The van der Waals surface area contributed by atoms with E-state index in [1.807, 2.05) is 0 Å². The molecule has 1 aromatic rings. The number of esters is 1. The van der Waals surface area contributed by atoms with Gasteiger partial charge in [-0.1, -0.05) is 17.3 Å². The van der Waals surface area contributed by atoms with Gasteiger partial charge in [0.2, 0.25) is 0 Å². The first-order valence-electron chi connectivity index (χ1n) is 5.44. The maximum atomic E-state index is 11.3. The Balaban J connectivity index is 2.58. The molecule has 100 valence electrons. The molecule has 0 saturated carbocycles. The van der Waals surface area contributed by atoms with Gasteiger partial charge in [0.15, 0.2) is 5.82 Å². The fourth-order valence-electron chi connectivity index (χ4n) is 1.37. The third-order valence-electron chi connectivity index (χ3n) is 2.52. The zero-order valence-electron chi connectivity index (χ0n) is 10.7. The highest BCUT2D eigenvalue weighted by Crippen LogP contribution is 2.08. The molecule has 1 atom stereocenters. The Labute approximate surface area is 104 Å². The molecule has 0 amide bonds. The zero-order valence-corrected chi connectivity index (χ0v) is 10.7. The molecule has 2 N–H and O–H groups in total. The summed E-state index contributed by atoms with van der Waals surface area (Å²) in [6.45, 7) is 3.58. The second kappa shape index (κ2) is 5.63. The number of nitrogens with zero attached hydrogens (tertiary/aromatic N) is 2. The van der Waals surface area contributed by atoms with E-state index in [0.29, 0.717) is 18.8 Å². The van der Waals surface area contributed by atoms with Crippen LogP contribution in [0.4, 0.5) is 0 Å². The minimum Gasteiger partial charge on any atom is -0.468 e. The molecule has 0 radical (unpaired) electrons. The standard InChI is InChI=1S/C11H17N3O4/c1-8-13-18-10(16)14(8)7-5-4-6-11(2,12)9(15)17-3/h4-5H,6-7,12H2,1-3H3/b5-4+/t11-/m0/s1. The van der Waals surface area contributed by atoms with Crippen LogP contribution in [-0.2, 0) is 16.1 Å². The van der Waals surface area contributed by atoms with Gasteiger partial charge in [0.1, 0.15) is 5.54 Å². The number of nitrogens with two attached hydrogens (primary N) is 1. The van der Waals surface area contributed by atoms with Crippen LogP contribution in [0.1, 0.15) is 19.2 Å². The molecule has 1 heterocycles. The van der Waals surface area contributed by atoms with Gasteiger partial charge in [-0.15, -0.1) is 0 Å². The maximum absolute atomic E-state index is 11.3. The summed E-state index contributed by atoms with van der Waals surface area (Å²) in [6.07, 6.45) is 3.76. The average molecular weight is 255 g/mol. The first kappa shape index (κ1) is 14.2. The van der Waals surface area contributed by atoms with E-state index in [0.717, 1.165) is 0 Å². The smallest absolute Gasteiger partial charge is 0.441 e. The molecule has 0 aliphatic carbocycles. The minimum atomic E-state index is -1.07. The van der Waals surface area contributed by atoms with Crippen LogP contribution in [-0.4, -0.2) is 28.3 Å². The molecule has 0 bridgehead atoms. The van der Waals surface area contributed by atoms with E-state index in [4.69, 9.17) is 5.73 Å². The predicted molar refractivity (Wildman–Crippen MR) is 63.9 cm³/mol. The summed E-state index contributed by atoms with van der Waals surface area (Å²) in [5.41, 5.74) is 4.70. The lowest BCUT2D eigenvalue weighted by Gasteiger charge is -2.19. The molecule has 0 fully saturated rings. The number of aromatic nitrogens is 2. The SMILES string of the molecule is COC(=O)[C@@](C)(N)C/C=C/Cn1c(C)noc1=O. The quantitative estimate of drug-likeness (QED) is 0.586. The van der Waals surface area contributed by atoms with Gasteiger partial charge in [0, 0.05) is 6.54 Å². The average Bonchev–Trinajstić information content (AvgIpc) is 2.64. The molecule has 0 saturated heterocycles. The highest BCUT2D eigenvalue weighted by atomic mass is 16.5. The number of carbonyl (C=O) groups is 1. The van der Waals surface area contributed by atoms with E-state index in [-0.39, 0.29) is 0 Å². The third-order valence-corrected chi connectivity index (χ3v) is 2.52. The first-order valence-corrected chi connectivity index (χ1v) is 5.44. The molecule has 7 heteroatoms. The highest BCUT2D eigenvalue weighted by Gasteiger charge is 2.27. The van der Waals surface area contributed by atoms with Crippen LogP contribution in [0.15, 0.2) is 21.5 Å². The zero-order chi connectivity index (χ0) is 13.8. The number of aryl methyl sites for hydroxylation is 1. The minimum absolute atomic E-state index is 0.318. The third kappa shape index (κ3) is 3.30. The van der Waals surface area contributed by atoms with Crippen molar-refractivity contribution in [3.63, 3.8) is 0 Å². The van der Waals surface area contributed by atoms with Gasteiger partial charge in [-0.25, -0.2) is 4.79 Å². The van der Waals surface area contributed by atoms with Gasteiger partial charge >= 0.3 is 11.7 Å². The maximum Gasteiger partial charge on any atom is 0.441 e. The van der Waals surface area contributed by atoms with Gasteiger partial charge < -0.3 is 10.5 Å². The molecule has 0 spiro atoms. The van der Waals surface area contributed by atoms with E-state index in [1.165, 1.54) is 11.7 Å². The number of carbonyl (C=O) groups excluding carboxylic acids is 1. The highest BCUT2D eigenvalue weighted by molar-refractivity contribution is 5.80. The normalized spacial score (nSPS) is 14.7. The number of rotatable bonds is 5. The summed E-state index contributed by atoms with van der Waals surface area (Å²) in [5, 5.41) is 3.53. The van der Waals surface area contributed by atoms with E-state index in [9.17, 15) is 9.59 Å². The van der Waals surface area contributed by atoms with Crippen LogP contribution in [0.5, 0.6) is 0 Å². The molecule has 1 aromatic heterocycles. The van der Waals surface area contributed by atoms with E-state index in [2.05, 4.69) is 14.4 Å². The van der Waals surface area contributed by atoms with Gasteiger partial charge in [0.05, 0.1) is 7.11 Å². The predicted octanol–water partition coefficient (Wildman–Crippen LogP) is -0.0186. The monoisotopic (exact) mass is 255 g/mol. The summed E-state index contributed by atoms with van der Waals surface area (Å²) < 4.78 is 10.4. The van der Waals surface area contributed by atoms with Crippen LogP contribution >= 0.6 is 0 Å². The molecule has 1 rings (SSSR count). The van der Waals surface area contributed by atoms with E-state index in [1.54, 1.807) is 26.0 Å². The van der Waals surface area contributed by atoms with Crippen molar-refractivity contribution in [2.75, 3.05) is 7.11 Å². The summed E-state index contributed by atoms with van der Waals surface area (Å²) >= 11 is 0. The first-order chi connectivity index (χ1) is 8.38. The molecular formula is C11H17N3O4. The molecule has 7 nitrogen and oxygen atoms in total. The number of hydrogen-bond donors (Lipinski definition) is 1. The topological polar surface area (TPSA) is 100 Å². The van der Waals surface area contributed by atoms with Crippen molar-refractivity contribution in [1.82, 2.24) is 9.72 Å². The van der Waals surface area contributed by atoms with Crippen molar-refractivity contribution in [3.05, 3.63) is 28.5 Å². The van der Waals surface area contributed by atoms with Gasteiger partial charge in [-0.3, -0.25) is 13.9 Å². The van der Waals surface area contributed by atoms with Crippen LogP contribution < -0.4 is 11.5 Å². The van der Waals surface area contributed by atoms with Crippen molar-refractivity contribution in [3.8, 4) is 0 Å². The number of ether oxygens (including phenoxy) is 1. The van der Waals surface area contributed by atoms with Crippen molar-refractivity contribution in [2.24, 2.45) is 5.73 Å². The molecule has 18 heavy (non-hydrogen) atoms. The lowest BCUT2D eigenvalue weighted by atomic mass is 9.99. The fraction of sp³-hybridized carbons (Fsp3) is 0.545. The van der Waals surface area contributed by atoms with Crippen LogP contribution in [0.2, 0.25) is 0 Å². The number of methoxy groups -OCH3 is 1. The van der Waals surface area contributed by atoms with Gasteiger partial charge in [0.25, 0.3) is 0 Å².